The van der Waals surface area contributed by atoms with Crippen LogP contribution < -0.4 is 5.32 Å². The van der Waals surface area contributed by atoms with E-state index < -0.39 is 36.0 Å². The summed E-state index contributed by atoms with van der Waals surface area (Å²) in [6.45, 7) is 3.50. The minimum absolute atomic E-state index is 0.246. The number of Topliss-reactive ketones (excluding diaryl/α,β-unsaturated/α-hetero) is 1. The van der Waals surface area contributed by atoms with Crippen molar-refractivity contribution in [2.45, 2.75) is 38.2 Å². The molecule has 0 bridgehead atoms. The van der Waals surface area contributed by atoms with Gasteiger partial charge in [0.25, 0.3) is 17.6 Å². The maximum atomic E-state index is 13.3. The van der Waals surface area contributed by atoms with Crippen molar-refractivity contribution in [3.63, 3.8) is 0 Å². The summed E-state index contributed by atoms with van der Waals surface area (Å²) in [4.78, 5) is 25.6. The van der Waals surface area contributed by atoms with Gasteiger partial charge >= 0.3 is 0 Å². The molecule has 1 N–H and O–H groups in total. The first-order valence-corrected chi connectivity index (χ1v) is 9.43. The molecule has 0 radical (unpaired) electrons. The van der Waals surface area contributed by atoms with Crippen LogP contribution in [0.25, 0.3) is 22.2 Å². The van der Waals surface area contributed by atoms with Crippen LogP contribution in [0.5, 0.6) is 0 Å². The van der Waals surface area contributed by atoms with E-state index in [-0.39, 0.29) is 5.56 Å². The molecule has 4 rings (SSSR count). The van der Waals surface area contributed by atoms with Gasteiger partial charge in [0.05, 0.1) is 17.5 Å². The number of carbonyl (C=O) groups is 2. The van der Waals surface area contributed by atoms with Gasteiger partial charge in [-0.1, -0.05) is 5.92 Å². The van der Waals surface area contributed by atoms with Crippen LogP contribution in [0.3, 0.4) is 0 Å². The molecule has 1 aliphatic carbocycles. The molecule has 2 heterocycles. The van der Waals surface area contributed by atoms with Crippen LogP contribution in [0.2, 0.25) is 0 Å². The van der Waals surface area contributed by atoms with Crippen molar-refractivity contribution in [3.8, 4) is 23.6 Å². The molecule has 7 heteroatoms. The Morgan fingerprint density at radius 2 is 1.93 bits per heavy atom. The zero-order valence-corrected chi connectivity index (χ0v) is 16.8. The van der Waals surface area contributed by atoms with Gasteiger partial charge in [0.1, 0.15) is 11.1 Å². The van der Waals surface area contributed by atoms with E-state index in [4.69, 9.17) is 10.8 Å². The number of nitrogens with one attached hydrogen (secondary N) is 1. The minimum atomic E-state index is -2.93. The van der Waals surface area contributed by atoms with E-state index in [1.54, 1.807) is 27.2 Å². The molecule has 0 unspecified atom stereocenters. The summed E-state index contributed by atoms with van der Waals surface area (Å²) in [5.41, 5.74) is 2.39. The van der Waals surface area contributed by atoms with Crippen LogP contribution in [-0.4, -0.2) is 27.7 Å². The van der Waals surface area contributed by atoms with Crippen molar-refractivity contribution < 1.29 is 22.8 Å². The summed E-state index contributed by atoms with van der Waals surface area (Å²) in [7, 11) is 1.81. The lowest BCUT2D eigenvalue weighted by atomic mass is 9.74. The first-order valence-electron chi connectivity index (χ1n) is 9.43. The highest BCUT2D eigenvalue weighted by Gasteiger charge is 2.57. The lowest BCUT2D eigenvalue weighted by Crippen LogP contribution is -2.62. The highest BCUT2D eigenvalue weighted by atomic mass is 19.3. The maximum absolute atomic E-state index is 13.3. The van der Waals surface area contributed by atoms with Gasteiger partial charge in [0.15, 0.2) is 0 Å². The maximum Gasteiger partial charge on any atom is 0.293 e. The van der Waals surface area contributed by atoms with Crippen molar-refractivity contribution in [1.82, 2.24) is 9.88 Å². The molecule has 30 heavy (non-hydrogen) atoms. The first kappa shape index (κ1) is 19.9. The predicted octanol–water partition coefficient (Wildman–Crippen LogP) is 4.16. The smallest absolute Gasteiger partial charge is 0.293 e. The van der Waals surface area contributed by atoms with E-state index in [0.29, 0.717) is 11.3 Å². The number of rotatable bonds is 4. The predicted molar refractivity (Wildman–Crippen MR) is 108 cm³/mol. The standard InChI is InChI=1S/C23H20F2N2O3/c1-5-22(11-23(24,25)12-22)26-21(29)20(28)18-13(2)19(27(4)14(18)3)16-6-7-17-15(10-16)8-9-30-17/h1,6-10H,11-12H2,2-4H3,(H,26,29). The van der Waals surface area contributed by atoms with Crippen LogP contribution >= 0.6 is 0 Å². The quantitative estimate of drug-likeness (QED) is 0.399. The summed E-state index contributed by atoms with van der Waals surface area (Å²) < 4.78 is 33.8. The van der Waals surface area contributed by atoms with E-state index in [0.717, 1.165) is 22.2 Å². The Morgan fingerprint density at radius 1 is 1.23 bits per heavy atom. The van der Waals surface area contributed by atoms with Gasteiger partial charge in [0, 0.05) is 31.0 Å². The second-order valence-electron chi connectivity index (χ2n) is 7.89. The zero-order valence-electron chi connectivity index (χ0n) is 16.8. The SMILES string of the molecule is C#CC1(NC(=O)C(=O)c2c(C)c(-c3ccc4occc4c3)n(C)c2C)CC(F)(F)C1. The number of nitrogens with zero attached hydrogens (tertiary/aromatic N) is 1. The lowest BCUT2D eigenvalue weighted by Gasteiger charge is -2.43. The number of alkyl halides is 2. The lowest BCUT2D eigenvalue weighted by molar-refractivity contribution is -0.133. The molecular formula is C23H20F2N2O3. The van der Waals surface area contributed by atoms with Gasteiger partial charge in [-0.25, -0.2) is 8.78 Å². The minimum Gasteiger partial charge on any atom is -0.464 e. The fourth-order valence-electron chi connectivity index (χ4n) is 4.28. The number of terminal acetylenes is 1. The van der Waals surface area contributed by atoms with Crippen LogP contribution in [0.1, 0.15) is 34.5 Å². The van der Waals surface area contributed by atoms with Gasteiger partial charge in [0.2, 0.25) is 0 Å². The number of ketones is 1. The van der Waals surface area contributed by atoms with Crippen molar-refractivity contribution in [3.05, 3.63) is 47.3 Å². The molecule has 5 nitrogen and oxygen atoms in total. The normalized spacial score (nSPS) is 16.7. The Labute approximate surface area is 172 Å². The molecule has 0 spiro atoms. The van der Waals surface area contributed by atoms with Crippen molar-refractivity contribution in [1.29, 1.82) is 0 Å². The number of hydrogen-bond acceptors (Lipinski definition) is 3. The molecule has 0 aliphatic heterocycles. The Hall–Kier alpha value is -3.40. The third-order valence-corrected chi connectivity index (χ3v) is 5.84. The number of hydrogen-bond donors (Lipinski definition) is 1. The molecule has 1 saturated carbocycles. The van der Waals surface area contributed by atoms with Crippen LogP contribution in [0.15, 0.2) is 34.9 Å². The summed E-state index contributed by atoms with van der Waals surface area (Å²) in [6, 6.07) is 7.51. The molecule has 0 saturated heterocycles. The Balaban J connectivity index is 1.68. The zero-order chi connectivity index (χ0) is 21.8. The molecule has 1 amide bonds. The van der Waals surface area contributed by atoms with E-state index >= 15 is 0 Å². The molecule has 0 atom stereocenters. The second-order valence-corrected chi connectivity index (χ2v) is 7.89. The van der Waals surface area contributed by atoms with Crippen LogP contribution in [0.4, 0.5) is 8.78 Å². The molecule has 1 aliphatic rings. The van der Waals surface area contributed by atoms with Gasteiger partial charge in [-0.2, -0.15) is 0 Å². The highest BCUT2D eigenvalue weighted by molar-refractivity contribution is 6.43. The largest absolute Gasteiger partial charge is 0.464 e. The van der Waals surface area contributed by atoms with E-state index in [1.807, 2.05) is 28.8 Å². The van der Waals surface area contributed by atoms with Gasteiger partial charge in [-0.05, 0) is 49.2 Å². The van der Waals surface area contributed by atoms with Crippen LogP contribution in [0, 0.1) is 26.2 Å². The average Bonchev–Trinajstić information content (AvgIpc) is 3.21. The topological polar surface area (TPSA) is 64.2 Å². The Bertz CT molecular complexity index is 1240. The summed E-state index contributed by atoms with van der Waals surface area (Å²) in [5.74, 6) is -2.48. The Kier molecular flexibility index (Phi) is 4.35. The van der Waals surface area contributed by atoms with Crippen molar-refractivity contribution in [2.75, 3.05) is 0 Å². The molecule has 1 aromatic carbocycles. The average molecular weight is 410 g/mol. The fraction of sp³-hybridized carbons (Fsp3) is 0.304. The third-order valence-electron chi connectivity index (χ3n) is 5.84. The number of aromatic nitrogens is 1. The van der Waals surface area contributed by atoms with Gasteiger partial charge < -0.3 is 14.3 Å². The number of fused-ring (bicyclic) bond motifs is 1. The van der Waals surface area contributed by atoms with E-state index in [2.05, 4.69) is 11.2 Å². The number of amides is 1. The van der Waals surface area contributed by atoms with E-state index in [9.17, 15) is 18.4 Å². The number of carbonyl (C=O) groups excluding carboxylic acids is 2. The molecule has 154 valence electrons. The number of halogens is 2. The molecular weight excluding hydrogens is 390 g/mol. The van der Waals surface area contributed by atoms with Crippen molar-refractivity contribution in [2.24, 2.45) is 7.05 Å². The van der Waals surface area contributed by atoms with E-state index in [1.165, 1.54) is 0 Å². The van der Waals surface area contributed by atoms with Gasteiger partial charge in [-0.15, -0.1) is 6.42 Å². The monoisotopic (exact) mass is 410 g/mol. The van der Waals surface area contributed by atoms with Crippen LogP contribution in [-0.2, 0) is 11.8 Å². The molecule has 2 aromatic heterocycles. The number of benzene rings is 1. The molecule has 1 fully saturated rings. The first-order chi connectivity index (χ1) is 14.1. The summed E-state index contributed by atoms with van der Waals surface area (Å²) >= 11 is 0. The highest BCUT2D eigenvalue weighted by Crippen LogP contribution is 2.45. The summed E-state index contributed by atoms with van der Waals surface area (Å²) in [5, 5.41) is 3.27. The fourth-order valence-corrected chi connectivity index (χ4v) is 4.28. The second kappa shape index (κ2) is 6.56. The summed E-state index contributed by atoms with van der Waals surface area (Å²) in [6.07, 6.45) is 5.62. The molecule has 3 aromatic rings. The van der Waals surface area contributed by atoms with Crippen molar-refractivity contribution >= 4 is 22.7 Å². The Morgan fingerprint density at radius 3 is 2.57 bits per heavy atom. The van der Waals surface area contributed by atoms with Gasteiger partial charge in [-0.3, -0.25) is 9.59 Å². The number of furan rings is 1. The third kappa shape index (κ3) is 3.00.